The van der Waals surface area contributed by atoms with E-state index in [2.05, 4.69) is 11.3 Å². The molecule has 0 aliphatic carbocycles. The highest BCUT2D eigenvalue weighted by Crippen LogP contribution is 2.06. The van der Waals surface area contributed by atoms with Crippen molar-refractivity contribution in [2.75, 3.05) is 6.61 Å². The van der Waals surface area contributed by atoms with Crippen LogP contribution in [0.1, 0.15) is 20.3 Å². The molecule has 0 saturated heterocycles. The average molecular weight is 198 g/mol. The van der Waals surface area contributed by atoms with Gasteiger partial charge in [0, 0.05) is 5.57 Å². The molecule has 0 rings (SSSR count). The normalized spacial score (nSPS) is 10.9. The zero-order valence-corrected chi connectivity index (χ0v) is 8.37. The maximum absolute atomic E-state index is 11.1. The predicted octanol–water partition coefficient (Wildman–Crippen LogP) is 1.53. The Bertz CT molecular complexity index is 276. The molecule has 0 spiro atoms. The minimum atomic E-state index is -1.04. The first-order valence-electron chi connectivity index (χ1n) is 4.32. The van der Waals surface area contributed by atoms with Gasteiger partial charge in [-0.1, -0.05) is 13.5 Å². The number of aliphatic carboxylic acids is 1. The van der Waals surface area contributed by atoms with Gasteiger partial charge in [-0.2, -0.15) is 0 Å². The summed E-state index contributed by atoms with van der Waals surface area (Å²) in [6.45, 7) is 7.05. The fraction of sp³-hybridized carbons (Fsp3) is 0.400. The monoisotopic (exact) mass is 198 g/mol. The summed E-state index contributed by atoms with van der Waals surface area (Å²) in [4.78, 5) is 21.6. The summed E-state index contributed by atoms with van der Waals surface area (Å²) >= 11 is 0. The Balaban J connectivity index is 4.54. The van der Waals surface area contributed by atoms with E-state index in [1.54, 1.807) is 13.8 Å². The fourth-order valence-corrected chi connectivity index (χ4v) is 0.808. The number of rotatable bonds is 5. The van der Waals surface area contributed by atoms with Crippen LogP contribution in [0.25, 0.3) is 0 Å². The van der Waals surface area contributed by atoms with Crippen molar-refractivity contribution in [1.82, 2.24) is 0 Å². The van der Waals surface area contributed by atoms with E-state index in [4.69, 9.17) is 5.11 Å². The summed E-state index contributed by atoms with van der Waals surface area (Å²) in [6, 6.07) is 0. The zero-order valence-electron chi connectivity index (χ0n) is 8.37. The van der Waals surface area contributed by atoms with E-state index in [-0.39, 0.29) is 17.8 Å². The first-order chi connectivity index (χ1) is 6.52. The lowest BCUT2D eigenvalue weighted by Crippen LogP contribution is -2.07. The maximum Gasteiger partial charge on any atom is 0.337 e. The summed E-state index contributed by atoms with van der Waals surface area (Å²) < 4.78 is 4.65. The van der Waals surface area contributed by atoms with Crippen LogP contribution in [0.5, 0.6) is 0 Å². The molecule has 0 radical (unpaired) electrons. The molecule has 0 aromatic carbocycles. The van der Waals surface area contributed by atoms with Gasteiger partial charge >= 0.3 is 11.9 Å². The molecular formula is C10H14O4. The highest BCUT2D eigenvalue weighted by molar-refractivity contribution is 5.95. The molecule has 0 aromatic rings. The van der Waals surface area contributed by atoms with Crippen LogP contribution in [-0.2, 0) is 14.3 Å². The molecule has 0 atom stereocenters. The van der Waals surface area contributed by atoms with Crippen LogP contribution < -0.4 is 0 Å². The number of carbonyl (C=O) groups is 2. The molecule has 14 heavy (non-hydrogen) atoms. The van der Waals surface area contributed by atoms with Gasteiger partial charge in [-0.05, 0) is 19.4 Å². The van der Waals surface area contributed by atoms with Crippen molar-refractivity contribution in [3.63, 3.8) is 0 Å². The van der Waals surface area contributed by atoms with E-state index in [0.717, 1.165) is 0 Å². The Morgan fingerprint density at radius 3 is 2.36 bits per heavy atom. The molecule has 4 nitrogen and oxygen atoms in total. The van der Waals surface area contributed by atoms with E-state index in [1.807, 2.05) is 0 Å². The highest BCUT2D eigenvalue weighted by atomic mass is 16.5. The Kier molecular flexibility index (Phi) is 5.29. The van der Waals surface area contributed by atoms with Crippen LogP contribution in [0, 0.1) is 0 Å². The molecule has 0 aliphatic rings. The molecule has 1 N–H and O–H groups in total. The van der Waals surface area contributed by atoms with Gasteiger partial charge in [0.25, 0.3) is 0 Å². The second-order valence-electron chi connectivity index (χ2n) is 2.57. The first-order valence-corrected chi connectivity index (χ1v) is 4.32. The van der Waals surface area contributed by atoms with Crippen LogP contribution in [0.15, 0.2) is 23.8 Å². The Morgan fingerprint density at radius 2 is 2.00 bits per heavy atom. The Labute approximate surface area is 82.9 Å². The van der Waals surface area contributed by atoms with Gasteiger partial charge in [0.15, 0.2) is 0 Å². The quantitative estimate of drug-likeness (QED) is 0.413. The lowest BCUT2D eigenvalue weighted by Gasteiger charge is -2.02. The van der Waals surface area contributed by atoms with Gasteiger partial charge < -0.3 is 9.84 Å². The molecule has 0 bridgehead atoms. The lowest BCUT2D eigenvalue weighted by atomic mass is 10.1. The van der Waals surface area contributed by atoms with Crippen molar-refractivity contribution in [3.8, 4) is 0 Å². The van der Waals surface area contributed by atoms with Crippen LogP contribution in [0.4, 0.5) is 0 Å². The van der Waals surface area contributed by atoms with Crippen molar-refractivity contribution in [2.45, 2.75) is 20.3 Å². The molecule has 0 aromatic heterocycles. The largest absolute Gasteiger partial charge is 0.478 e. The third-order valence-corrected chi connectivity index (χ3v) is 1.54. The number of carbonyl (C=O) groups excluding carboxylic acids is 1. The standard InChI is InChI=1S/C10H14O4/c1-4-8(9(11)12)6-7(3)10(13)14-5-2/h6H,3-5H2,1-2H3,(H,11,12). The second-order valence-corrected chi connectivity index (χ2v) is 2.57. The smallest absolute Gasteiger partial charge is 0.337 e. The number of ether oxygens (including phenoxy) is 1. The zero-order chi connectivity index (χ0) is 11.1. The van der Waals surface area contributed by atoms with E-state index < -0.39 is 11.9 Å². The van der Waals surface area contributed by atoms with Gasteiger partial charge in [0.2, 0.25) is 0 Å². The Hall–Kier alpha value is -1.58. The van der Waals surface area contributed by atoms with E-state index in [9.17, 15) is 9.59 Å². The molecule has 4 heteroatoms. The molecule has 0 amide bonds. The van der Waals surface area contributed by atoms with E-state index in [1.165, 1.54) is 6.08 Å². The molecular weight excluding hydrogens is 184 g/mol. The summed E-state index contributed by atoms with van der Waals surface area (Å²) in [7, 11) is 0. The topological polar surface area (TPSA) is 63.6 Å². The van der Waals surface area contributed by atoms with Gasteiger partial charge in [-0.3, -0.25) is 0 Å². The molecule has 0 aliphatic heterocycles. The van der Waals surface area contributed by atoms with Crippen LogP contribution in [0.2, 0.25) is 0 Å². The summed E-state index contributed by atoms with van der Waals surface area (Å²) in [5.74, 6) is -1.63. The van der Waals surface area contributed by atoms with Gasteiger partial charge in [0.05, 0.1) is 12.2 Å². The van der Waals surface area contributed by atoms with Gasteiger partial charge in [-0.25, -0.2) is 9.59 Å². The summed E-state index contributed by atoms with van der Waals surface area (Å²) in [6.07, 6.45) is 1.58. The highest BCUT2D eigenvalue weighted by Gasteiger charge is 2.09. The maximum atomic E-state index is 11.1. The molecule has 0 heterocycles. The minimum absolute atomic E-state index is 0.0612. The molecule has 0 unspecified atom stereocenters. The van der Waals surface area contributed by atoms with Gasteiger partial charge in [0.1, 0.15) is 0 Å². The van der Waals surface area contributed by atoms with Crippen molar-refractivity contribution in [3.05, 3.63) is 23.8 Å². The number of esters is 1. The summed E-state index contributed by atoms with van der Waals surface area (Å²) in [5, 5.41) is 8.67. The van der Waals surface area contributed by atoms with E-state index in [0.29, 0.717) is 6.42 Å². The van der Waals surface area contributed by atoms with Crippen LogP contribution in [-0.4, -0.2) is 23.7 Å². The first kappa shape index (κ1) is 12.4. The molecule has 0 fully saturated rings. The second kappa shape index (κ2) is 5.96. The SMILES string of the molecule is C=C(C=C(CC)C(=O)O)C(=O)OCC. The fourth-order valence-electron chi connectivity index (χ4n) is 0.808. The average Bonchev–Trinajstić information content (AvgIpc) is 2.13. The number of hydrogen-bond donors (Lipinski definition) is 1. The number of carboxylic acids is 1. The van der Waals surface area contributed by atoms with Crippen molar-refractivity contribution in [1.29, 1.82) is 0 Å². The van der Waals surface area contributed by atoms with Crippen LogP contribution >= 0.6 is 0 Å². The minimum Gasteiger partial charge on any atom is -0.478 e. The van der Waals surface area contributed by atoms with Crippen molar-refractivity contribution in [2.24, 2.45) is 0 Å². The summed E-state index contributed by atoms with van der Waals surface area (Å²) in [5.41, 5.74) is 0.203. The van der Waals surface area contributed by atoms with Crippen LogP contribution in [0.3, 0.4) is 0 Å². The van der Waals surface area contributed by atoms with E-state index >= 15 is 0 Å². The third kappa shape index (κ3) is 3.89. The number of carboxylic acid groups (broad SMARTS) is 1. The van der Waals surface area contributed by atoms with Gasteiger partial charge in [-0.15, -0.1) is 0 Å². The molecule has 0 saturated carbocycles. The Morgan fingerprint density at radius 1 is 1.43 bits per heavy atom. The van der Waals surface area contributed by atoms with Crippen molar-refractivity contribution >= 4 is 11.9 Å². The molecule has 78 valence electrons. The lowest BCUT2D eigenvalue weighted by molar-refractivity contribution is -0.138. The number of hydrogen-bond acceptors (Lipinski definition) is 3. The third-order valence-electron chi connectivity index (χ3n) is 1.54. The van der Waals surface area contributed by atoms with Crippen molar-refractivity contribution < 1.29 is 19.4 Å². The predicted molar refractivity (Wildman–Crippen MR) is 51.8 cm³/mol.